The van der Waals surface area contributed by atoms with Gasteiger partial charge in [0.2, 0.25) is 65.0 Å². The molecule has 12 atom stereocenters. The first kappa shape index (κ1) is 92.6. The van der Waals surface area contributed by atoms with E-state index in [-0.39, 0.29) is 114 Å². The van der Waals surface area contributed by atoms with Crippen LogP contribution in [0.1, 0.15) is 175 Å². The van der Waals surface area contributed by atoms with Crippen LogP contribution in [0.3, 0.4) is 0 Å². The van der Waals surface area contributed by atoms with Crippen molar-refractivity contribution in [1.82, 2.24) is 63.1 Å². The number of benzene rings is 3. The number of imidazole rings is 1. The minimum atomic E-state index is -1.37. The van der Waals surface area contributed by atoms with Crippen LogP contribution in [0, 0.1) is 33.8 Å². The van der Waals surface area contributed by atoms with Gasteiger partial charge in [-0.2, -0.15) is 0 Å². The molecule has 11 amide bonds. The van der Waals surface area contributed by atoms with Crippen molar-refractivity contribution in [2.45, 2.75) is 244 Å². The van der Waals surface area contributed by atoms with Crippen molar-refractivity contribution in [2.75, 3.05) is 26.2 Å². The Bertz CT molecular complexity index is 3560. The average Bonchev–Trinajstić information content (AvgIpc) is 1.57. The number of nitrogens with one attached hydrogen (secondary N) is 11. The zero-order chi connectivity index (χ0) is 81.4. The summed E-state index contributed by atoms with van der Waals surface area (Å²) in [5.41, 5.74) is 38.1. The van der Waals surface area contributed by atoms with Gasteiger partial charge in [-0.15, -0.1) is 0 Å². The highest BCUT2D eigenvalue weighted by atomic mass is 16.6. The summed E-state index contributed by atoms with van der Waals surface area (Å²) in [6.07, 6.45) is 5.52. The second kappa shape index (κ2) is 49.4. The van der Waals surface area contributed by atoms with Gasteiger partial charge in [0.25, 0.3) is 5.69 Å². The molecule has 0 saturated heterocycles. The molecule has 0 saturated carbocycles. The van der Waals surface area contributed by atoms with Gasteiger partial charge in [-0.25, -0.2) is 4.98 Å². The molecule has 0 fully saturated rings. The van der Waals surface area contributed by atoms with E-state index in [2.05, 4.69) is 63.1 Å². The maximum atomic E-state index is 15.0. The van der Waals surface area contributed by atoms with Crippen molar-refractivity contribution in [3.05, 3.63) is 118 Å². The van der Waals surface area contributed by atoms with Gasteiger partial charge in [0.1, 0.15) is 60.4 Å². The third-order valence-corrected chi connectivity index (χ3v) is 18.8. The number of hydrogen-bond acceptors (Lipinski definition) is 19. The second-order valence-corrected chi connectivity index (χ2v) is 29.6. The van der Waals surface area contributed by atoms with E-state index in [0.717, 1.165) is 0 Å². The number of aromatic amines is 1. The second-order valence-electron chi connectivity index (χ2n) is 29.6. The molecular formula is C78H123N19O13. The zero-order valence-corrected chi connectivity index (χ0v) is 65.2. The molecule has 3 aromatic carbocycles. The van der Waals surface area contributed by atoms with Crippen molar-refractivity contribution in [3.8, 4) is 11.3 Å². The molecule has 23 N–H and O–H groups in total. The third kappa shape index (κ3) is 32.8. The Morgan fingerprint density at radius 2 is 0.773 bits per heavy atom. The van der Waals surface area contributed by atoms with E-state index in [4.69, 9.17) is 34.4 Å². The summed E-state index contributed by atoms with van der Waals surface area (Å²) in [6, 6.07) is 9.71. The third-order valence-electron chi connectivity index (χ3n) is 18.8. The fraction of sp³-hybridized carbons (Fsp3) is 0.590. The van der Waals surface area contributed by atoms with Gasteiger partial charge < -0.3 is 92.6 Å². The van der Waals surface area contributed by atoms with Crippen LogP contribution in [-0.2, 0) is 72.0 Å². The molecule has 608 valence electrons. The molecule has 4 aromatic rings. The molecule has 0 radical (unpaired) electrons. The standard InChI is InChI=1S/C78H123N19O13/c1-9-50(8)66(78(108)95-63(41-49(6)7)74(104)89-58(33-18-22-37-81)72(102)93-65(43-52-27-14-11-15-28-52)77(107)91-61(68(84)98)39-47(2)3)96-73(103)59(34-19-23-38-82)88-70(100)57(32-17-21-36-80)90-76(106)64(42-51-25-12-10-13-26-51)94-75(105)62(40-48(4)5)92-71(101)56(31-16-20-35-79)87-69(99)55(83)45-60-67(86-46-85-60)53-29-24-30-54(44-53)97(109)110/h10-15,24-30,44,46-50,55-59,61-66H,9,16-23,31-43,45,79-83H2,1-8H3,(H2,84,98)(H,85,86)(H,87,99)(H,88,100)(H,89,104)(H,90,106)(H,91,107)(H,92,101)(H,93,102)(H,94,105)(H,95,108)(H,96,103)/t50-,55-,56-,57-,58-,59-,61-,62-,63-,64-,65-,66-/m0/s1. The number of hydrogen-bond donors (Lipinski definition) is 17. The number of primary amides is 1. The number of nitrogens with two attached hydrogens (primary N) is 6. The molecule has 0 aliphatic heterocycles. The van der Waals surface area contributed by atoms with Crippen molar-refractivity contribution in [2.24, 2.45) is 58.1 Å². The van der Waals surface area contributed by atoms with Crippen LogP contribution in [0.2, 0.25) is 0 Å². The summed E-state index contributed by atoms with van der Waals surface area (Å²) >= 11 is 0. The molecule has 0 spiro atoms. The van der Waals surface area contributed by atoms with Gasteiger partial charge in [-0.05, 0) is 157 Å². The van der Waals surface area contributed by atoms with E-state index in [1.165, 1.54) is 24.5 Å². The first-order chi connectivity index (χ1) is 52.4. The molecule has 4 rings (SSSR count). The molecule has 1 aromatic heterocycles. The number of amides is 11. The van der Waals surface area contributed by atoms with Crippen molar-refractivity contribution in [3.63, 3.8) is 0 Å². The summed E-state index contributed by atoms with van der Waals surface area (Å²) in [4.78, 5) is 177. The van der Waals surface area contributed by atoms with Gasteiger partial charge in [0.05, 0.1) is 23.0 Å². The number of carbonyl (C=O) groups excluding carboxylic acids is 11. The minimum absolute atomic E-state index is 0.0150. The number of nitro benzene ring substituents is 1. The summed E-state index contributed by atoms with van der Waals surface area (Å²) in [5, 5.41) is 39.7. The molecule has 32 nitrogen and oxygen atoms in total. The number of H-pyrrole nitrogens is 1. The summed E-state index contributed by atoms with van der Waals surface area (Å²) < 4.78 is 0. The van der Waals surface area contributed by atoms with Crippen LogP contribution in [0.15, 0.2) is 91.3 Å². The van der Waals surface area contributed by atoms with Gasteiger partial charge in [-0.3, -0.25) is 62.9 Å². The van der Waals surface area contributed by atoms with Gasteiger partial charge in [0.15, 0.2) is 0 Å². The topological polar surface area (TPSA) is 536 Å². The molecule has 0 unspecified atom stereocenters. The Morgan fingerprint density at radius 1 is 0.427 bits per heavy atom. The highest BCUT2D eigenvalue weighted by Crippen LogP contribution is 2.26. The first-order valence-electron chi connectivity index (χ1n) is 38.7. The van der Waals surface area contributed by atoms with Gasteiger partial charge >= 0.3 is 0 Å². The maximum absolute atomic E-state index is 15.0. The Labute approximate surface area is 646 Å². The largest absolute Gasteiger partial charge is 0.368 e. The van der Waals surface area contributed by atoms with Crippen LogP contribution in [-0.4, -0.2) is 173 Å². The van der Waals surface area contributed by atoms with E-state index < -0.39 is 142 Å². The Hall–Kier alpha value is -9.76. The highest BCUT2D eigenvalue weighted by Gasteiger charge is 2.38. The maximum Gasteiger partial charge on any atom is 0.270 e. The molecule has 32 heteroatoms. The van der Waals surface area contributed by atoms with E-state index in [0.29, 0.717) is 85.9 Å². The zero-order valence-electron chi connectivity index (χ0n) is 65.2. The smallest absolute Gasteiger partial charge is 0.270 e. The molecule has 0 aliphatic rings. The fourth-order valence-corrected chi connectivity index (χ4v) is 12.5. The number of nitrogens with zero attached hydrogens (tertiary/aromatic N) is 2. The number of carbonyl (C=O) groups is 11. The lowest BCUT2D eigenvalue weighted by molar-refractivity contribution is -0.384. The number of nitro groups is 1. The van der Waals surface area contributed by atoms with Gasteiger partial charge in [-0.1, -0.05) is 135 Å². The van der Waals surface area contributed by atoms with Crippen LogP contribution in [0.5, 0.6) is 0 Å². The molecule has 110 heavy (non-hydrogen) atoms. The lowest BCUT2D eigenvalue weighted by atomic mass is 9.95. The predicted octanol–water partition coefficient (Wildman–Crippen LogP) is 2.37. The fourth-order valence-electron chi connectivity index (χ4n) is 12.5. The molecular weight excluding hydrogens is 1410 g/mol. The number of rotatable bonds is 53. The van der Waals surface area contributed by atoms with Crippen LogP contribution >= 0.6 is 0 Å². The summed E-state index contributed by atoms with van der Waals surface area (Å²) in [7, 11) is 0. The average molecular weight is 1530 g/mol. The predicted molar refractivity (Wildman–Crippen MR) is 421 cm³/mol. The summed E-state index contributed by atoms with van der Waals surface area (Å²) in [5.74, 6) is -9.09. The van der Waals surface area contributed by atoms with Crippen LogP contribution in [0.25, 0.3) is 11.3 Å². The van der Waals surface area contributed by atoms with E-state index in [9.17, 15) is 62.9 Å². The normalized spacial score (nSPS) is 14.7. The lowest BCUT2D eigenvalue weighted by Gasteiger charge is -2.30. The van der Waals surface area contributed by atoms with Crippen LogP contribution < -0.4 is 87.6 Å². The lowest BCUT2D eigenvalue weighted by Crippen LogP contribution is -2.61. The quantitative estimate of drug-likeness (QED) is 0.0171. The van der Waals surface area contributed by atoms with E-state index in [1.54, 1.807) is 73.7 Å². The Balaban J connectivity index is 1.61. The number of aromatic nitrogens is 2. The van der Waals surface area contributed by atoms with E-state index in [1.807, 2.05) is 48.5 Å². The van der Waals surface area contributed by atoms with Crippen molar-refractivity contribution in [1.29, 1.82) is 0 Å². The van der Waals surface area contributed by atoms with Crippen molar-refractivity contribution < 1.29 is 57.7 Å². The van der Waals surface area contributed by atoms with Crippen molar-refractivity contribution >= 4 is 70.7 Å². The minimum Gasteiger partial charge on any atom is -0.368 e. The monoisotopic (exact) mass is 1530 g/mol. The highest BCUT2D eigenvalue weighted by molar-refractivity contribution is 5.99. The first-order valence-corrected chi connectivity index (χ1v) is 38.7. The molecule has 0 bridgehead atoms. The van der Waals surface area contributed by atoms with Gasteiger partial charge in [0, 0.05) is 42.7 Å². The SMILES string of the molecule is CC[C@H](C)[C@H](NC(=O)[C@H](CCCCN)NC(=O)[C@H](CCCCN)NC(=O)[C@H](Cc1ccccc1)NC(=O)[C@H](CC(C)C)NC(=O)[C@H](CCCCN)NC(=O)[C@@H](N)Cc1[nH]cnc1-c1cccc([N+](=O)[O-])c1)C(=O)N[C@@H](CC(C)C)C(=O)N[C@@H](CCCCN)C(=O)N[C@@H](Cc1ccccc1)C(=O)N[C@@H](CC(C)C)C(N)=O. The number of non-ortho nitro benzene ring substituents is 1. The number of unbranched alkanes of at least 4 members (excludes halogenated alkanes) is 4. The van der Waals surface area contributed by atoms with Crippen LogP contribution in [0.4, 0.5) is 5.69 Å². The summed E-state index contributed by atoms with van der Waals surface area (Å²) in [6.45, 7) is 15.7. The Morgan fingerprint density at radius 3 is 1.15 bits per heavy atom. The Kier molecular flexibility index (Phi) is 41.6. The molecule has 1 heterocycles. The van der Waals surface area contributed by atoms with E-state index >= 15 is 0 Å². The molecule has 0 aliphatic carbocycles.